The van der Waals surface area contributed by atoms with Crippen LogP contribution in [-0.4, -0.2) is 16.3 Å². The minimum atomic E-state index is 0.467. The Morgan fingerprint density at radius 3 is 2.72 bits per heavy atom. The van der Waals surface area contributed by atoms with E-state index in [2.05, 4.69) is 48.5 Å². The Balaban J connectivity index is 1.82. The average molecular weight is 243 g/mol. The summed E-state index contributed by atoms with van der Waals surface area (Å²) in [5, 5.41) is 7.88. The lowest BCUT2D eigenvalue weighted by Crippen LogP contribution is -2.08. The summed E-state index contributed by atoms with van der Waals surface area (Å²) < 4.78 is 2.02. The molecule has 0 aliphatic rings. The van der Waals surface area contributed by atoms with Gasteiger partial charge in [-0.3, -0.25) is 4.68 Å². The highest BCUT2D eigenvalue weighted by atomic mass is 15.3. The van der Waals surface area contributed by atoms with Crippen LogP contribution in [0.5, 0.6) is 0 Å². The van der Waals surface area contributed by atoms with Crippen LogP contribution in [0.4, 0.5) is 5.82 Å². The van der Waals surface area contributed by atoms with E-state index in [1.54, 1.807) is 0 Å². The van der Waals surface area contributed by atoms with E-state index in [1.165, 1.54) is 5.56 Å². The molecule has 0 aliphatic carbocycles. The van der Waals surface area contributed by atoms with Crippen LogP contribution < -0.4 is 5.32 Å². The predicted molar refractivity (Wildman–Crippen MR) is 75.9 cm³/mol. The molecule has 0 unspecified atom stereocenters. The summed E-state index contributed by atoms with van der Waals surface area (Å²) in [5.74, 6) is 0.964. The summed E-state index contributed by atoms with van der Waals surface area (Å²) in [6.07, 6.45) is 4.17. The van der Waals surface area contributed by atoms with Crippen molar-refractivity contribution < 1.29 is 0 Å². The van der Waals surface area contributed by atoms with E-state index in [-0.39, 0.29) is 0 Å². The molecule has 0 aliphatic heterocycles. The van der Waals surface area contributed by atoms with E-state index in [1.807, 2.05) is 23.0 Å². The summed E-state index contributed by atoms with van der Waals surface area (Å²) >= 11 is 0. The second kappa shape index (κ2) is 6.24. The maximum absolute atomic E-state index is 4.52. The van der Waals surface area contributed by atoms with Crippen LogP contribution in [0.3, 0.4) is 0 Å². The number of benzene rings is 1. The fourth-order valence-corrected chi connectivity index (χ4v) is 1.84. The highest BCUT2D eigenvalue weighted by Crippen LogP contribution is 2.11. The van der Waals surface area contributed by atoms with Gasteiger partial charge < -0.3 is 5.32 Å². The van der Waals surface area contributed by atoms with Crippen LogP contribution in [-0.2, 0) is 6.42 Å². The number of aromatic nitrogens is 2. The van der Waals surface area contributed by atoms with Crippen molar-refractivity contribution in [3.8, 4) is 0 Å². The Hall–Kier alpha value is -1.77. The first-order chi connectivity index (χ1) is 8.79. The molecule has 1 N–H and O–H groups in total. The SMILES string of the molecule is CC[C@H](C)n1ccc(NCCc2ccccc2)n1. The van der Waals surface area contributed by atoms with Gasteiger partial charge in [0.1, 0.15) is 5.82 Å². The van der Waals surface area contributed by atoms with Gasteiger partial charge in [-0.1, -0.05) is 37.3 Å². The van der Waals surface area contributed by atoms with E-state index < -0.39 is 0 Å². The molecular weight excluding hydrogens is 222 g/mol. The summed E-state index contributed by atoms with van der Waals surface area (Å²) in [5.41, 5.74) is 1.35. The van der Waals surface area contributed by atoms with Gasteiger partial charge in [0.05, 0.1) is 0 Å². The summed E-state index contributed by atoms with van der Waals surface area (Å²) in [6.45, 7) is 5.27. The minimum Gasteiger partial charge on any atom is -0.368 e. The molecule has 0 saturated heterocycles. The number of anilines is 1. The number of nitrogens with zero attached hydrogens (tertiary/aromatic N) is 2. The third-order valence-corrected chi connectivity index (χ3v) is 3.21. The molecule has 3 nitrogen and oxygen atoms in total. The van der Waals surface area contributed by atoms with Gasteiger partial charge in [0, 0.05) is 24.8 Å². The lowest BCUT2D eigenvalue weighted by atomic mass is 10.1. The number of hydrogen-bond donors (Lipinski definition) is 1. The molecular formula is C15H21N3. The fraction of sp³-hybridized carbons (Fsp3) is 0.400. The number of rotatable bonds is 6. The van der Waals surface area contributed by atoms with Gasteiger partial charge in [0.25, 0.3) is 0 Å². The largest absolute Gasteiger partial charge is 0.368 e. The lowest BCUT2D eigenvalue weighted by Gasteiger charge is -2.08. The zero-order chi connectivity index (χ0) is 12.8. The molecule has 1 heterocycles. The molecule has 0 spiro atoms. The summed E-state index contributed by atoms with van der Waals surface area (Å²) in [6, 6.07) is 13.0. The van der Waals surface area contributed by atoms with Gasteiger partial charge in [-0.15, -0.1) is 0 Å². The highest BCUT2D eigenvalue weighted by molar-refractivity contribution is 5.32. The first-order valence-corrected chi connectivity index (χ1v) is 6.62. The highest BCUT2D eigenvalue weighted by Gasteiger charge is 2.03. The predicted octanol–water partition coefficient (Wildman–Crippen LogP) is 3.51. The van der Waals surface area contributed by atoms with Gasteiger partial charge >= 0.3 is 0 Å². The minimum absolute atomic E-state index is 0.467. The zero-order valence-corrected chi connectivity index (χ0v) is 11.1. The quantitative estimate of drug-likeness (QED) is 0.841. The second-order valence-electron chi connectivity index (χ2n) is 4.60. The molecule has 1 aromatic heterocycles. The Bertz CT molecular complexity index is 462. The van der Waals surface area contributed by atoms with Crippen LogP contribution in [0, 0.1) is 0 Å². The van der Waals surface area contributed by atoms with Crippen LogP contribution in [0.1, 0.15) is 31.9 Å². The molecule has 1 aromatic carbocycles. The van der Waals surface area contributed by atoms with Crippen molar-refractivity contribution in [2.75, 3.05) is 11.9 Å². The molecule has 0 bridgehead atoms. The van der Waals surface area contributed by atoms with E-state index in [0.29, 0.717) is 6.04 Å². The average Bonchev–Trinajstić information content (AvgIpc) is 2.88. The standard InChI is InChI=1S/C15H21N3/c1-3-13(2)18-12-10-15(17-18)16-11-9-14-7-5-4-6-8-14/h4-8,10,12-13H,3,9,11H2,1-2H3,(H,16,17)/t13-/m0/s1. The Labute approximate surface area is 109 Å². The molecule has 1 atom stereocenters. The van der Waals surface area contributed by atoms with Crippen LogP contribution in [0.25, 0.3) is 0 Å². The third-order valence-electron chi connectivity index (χ3n) is 3.21. The van der Waals surface area contributed by atoms with Gasteiger partial charge in [0.15, 0.2) is 0 Å². The first kappa shape index (κ1) is 12.7. The molecule has 3 heteroatoms. The van der Waals surface area contributed by atoms with Gasteiger partial charge in [-0.2, -0.15) is 5.10 Å². The normalized spacial score (nSPS) is 12.3. The van der Waals surface area contributed by atoms with Gasteiger partial charge in [0.2, 0.25) is 0 Å². The van der Waals surface area contributed by atoms with Crippen molar-refractivity contribution in [3.63, 3.8) is 0 Å². The fourth-order valence-electron chi connectivity index (χ4n) is 1.84. The molecule has 2 rings (SSSR count). The maximum atomic E-state index is 4.52. The molecule has 0 fully saturated rings. The van der Waals surface area contributed by atoms with Crippen LogP contribution in [0.2, 0.25) is 0 Å². The summed E-state index contributed by atoms with van der Waals surface area (Å²) in [4.78, 5) is 0. The Morgan fingerprint density at radius 2 is 2.00 bits per heavy atom. The third kappa shape index (κ3) is 3.36. The molecule has 0 saturated carbocycles. The lowest BCUT2D eigenvalue weighted by molar-refractivity contribution is 0.479. The van der Waals surface area contributed by atoms with Crippen molar-refractivity contribution in [2.45, 2.75) is 32.7 Å². The molecule has 96 valence electrons. The molecule has 18 heavy (non-hydrogen) atoms. The first-order valence-electron chi connectivity index (χ1n) is 6.62. The molecule has 0 radical (unpaired) electrons. The van der Waals surface area contributed by atoms with Crippen LogP contribution in [0.15, 0.2) is 42.6 Å². The summed E-state index contributed by atoms with van der Waals surface area (Å²) in [7, 11) is 0. The van der Waals surface area contributed by atoms with Gasteiger partial charge in [-0.05, 0) is 25.3 Å². The maximum Gasteiger partial charge on any atom is 0.148 e. The Morgan fingerprint density at radius 1 is 1.22 bits per heavy atom. The number of nitrogens with one attached hydrogen (secondary N) is 1. The monoisotopic (exact) mass is 243 g/mol. The Kier molecular flexibility index (Phi) is 4.40. The zero-order valence-electron chi connectivity index (χ0n) is 11.1. The van der Waals surface area contributed by atoms with E-state index >= 15 is 0 Å². The topological polar surface area (TPSA) is 29.9 Å². The second-order valence-corrected chi connectivity index (χ2v) is 4.60. The van der Waals surface area contributed by atoms with E-state index in [0.717, 1.165) is 25.2 Å². The van der Waals surface area contributed by atoms with Crippen molar-refractivity contribution in [3.05, 3.63) is 48.2 Å². The van der Waals surface area contributed by atoms with E-state index in [9.17, 15) is 0 Å². The molecule has 2 aromatic rings. The smallest absolute Gasteiger partial charge is 0.148 e. The van der Waals surface area contributed by atoms with Crippen molar-refractivity contribution in [2.24, 2.45) is 0 Å². The van der Waals surface area contributed by atoms with Crippen molar-refractivity contribution in [1.29, 1.82) is 0 Å². The van der Waals surface area contributed by atoms with Crippen molar-refractivity contribution in [1.82, 2.24) is 9.78 Å². The molecule has 0 amide bonds. The van der Waals surface area contributed by atoms with E-state index in [4.69, 9.17) is 0 Å². The van der Waals surface area contributed by atoms with Crippen LogP contribution >= 0.6 is 0 Å². The van der Waals surface area contributed by atoms with Crippen molar-refractivity contribution >= 4 is 5.82 Å². The van der Waals surface area contributed by atoms with Gasteiger partial charge in [-0.25, -0.2) is 0 Å². The number of hydrogen-bond acceptors (Lipinski definition) is 2.